The summed E-state index contributed by atoms with van der Waals surface area (Å²) in [5.41, 5.74) is -0.568. The molecule has 15 heteroatoms. The Morgan fingerprint density at radius 1 is 1.06 bits per heavy atom. The molecule has 0 radical (unpaired) electrons. The van der Waals surface area contributed by atoms with Crippen LogP contribution in [0, 0.1) is 0 Å². The molecule has 0 rings (SSSR count). The lowest BCUT2D eigenvalue weighted by Crippen LogP contribution is -2.47. The second-order valence-electron chi connectivity index (χ2n) is 6.59. The second kappa shape index (κ2) is 14.4. The van der Waals surface area contributed by atoms with Gasteiger partial charge in [0, 0.05) is 11.6 Å². The van der Waals surface area contributed by atoms with E-state index in [0.717, 1.165) is 6.08 Å². The van der Waals surface area contributed by atoms with Crippen molar-refractivity contribution < 1.29 is 58.8 Å². The molecular weight excluding hydrogens is 485 g/mol. The molecule has 0 aromatic heterocycles. The lowest BCUT2D eigenvalue weighted by Gasteiger charge is -2.23. The molecule has 0 atom stereocenters. The Bertz CT molecular complexity index is 820. The third-order valence-corrected chi connectivity index (χ3v) is 3.79. The second-order valence-corrected chi connectivity index (χ2v) is 8.04. The molecule has 0 saturated heterocycles. The van der Waals surface area contributed by atoms with Gasteiger partial charge in [-0.1, -0.05) is 19.7 Å². The van der Waals surface area contributed by atoms with Crippen molar-refractivity contribution in [2.75, 3.05) is 19.5 Å². The molecule has 192 valence electrons. The van der Waals surface area contributed by atoms with E-state index in [1.807, 2.05) is 0 Å². The first-order chi connectivity index (χ1) is 14.5. The summed E-state index contributed by atoms with van der Waals surface area (Å²) in [7, 11) is -2.75. The molecule has 0 fully saturated rings. The molecule has 0 saturated carbocycles. The van der Waals surface area contributed by atoms with Crippen LogP contribution in [0.2, 0.25) is 0 Å². The van der Waals surface area contributed by atoms with E-state index in [-0.39, 0.29) is 5.97 Å². The van der Waals surface area contributed by atoms with Crippen molar-refractivity contribution >= 4 is 28.0 Å². The Morgan fingerprint density at radius 3 is 1.76 bits per heavy atom. The SMILES string of the molecule is C=C(C)C(=O)OC.C=CC(=O)NC(C)(C)CS(=O)(=O)O.C=CC(=O)OCC(F)(F)C(F)(F)F. The predicted molar refractivity (Wildman–Crippen MR) is 108 cm³/mol. The van der Waals surface area contributed by atoms with Crippen LogP contribution in [0.4, 0.5) is 22.0 Å². The molecule has 0 spiro atoms. The zero-order valence-electron chi connectivity index (χ0n) is 18.3. The first-order valence-corrected chi connectivity index (χ1v) is 10.0. The number of carbonyl (C=O) groups excluding carboxylic acids is 3. The summed E-state index contributed by atoms with van der Waals surface area (Å²) < 4.78 is 95.6. The molecule has 9 nitrogen and oxygen atoms in total. The summed E-state index contributed by atoms with van der Waals surface area (Å²) in [5, 5.41) is 2.37. The molecule has 0 heterocycles. The van der Waals surface area contributed by atoms with Crippen molar-refractivity contribution in [1.29, 1.82) is 0 Å². The van der Waals surface area contributed by atoms with E-state index in [2.05, 4.69) is 34.5 Å². The number of ether oxygens (including phenoxy) is 2. The maximum atomic E-state index is 12.0. The van der Waals surface area contributed by atoms with Crippen molar-refractivity contribution in [1.82, 2.24) is 5.32 Å². The lowest BCUT2D eigenvalue weighted by atomic mass is 10.1. The topological polar surface area (TPSA) is 136 Å². The smallest absolute Gasteiger partial charge is 0.456 e. The van der Waals surface area contributed by atoms with Gasteiger partial charge >= 0.3 is 24.0 Å². The molecule has 0 aromatic rings. The predicted octanol–water partition coefficient (Wildman–Crippen LogP) is 2.60. The van der Waals surface area contributed by atoms with E-state index in [9.17, 15) is 44.8 Å². The highest BCUT2D eigenvalue weighted by Crippen LogP contribution is 2.35. The van der Waals surface area contributed by atoms with E-state index in [1.165, 1.54) is 21.0 Å². The number of esters is 2. The Morgan fingerprint density at radius 2 is 1.52 bits per heavy atom. The molecule has 33 heavy (non-hydrogen) atoms. The molecule has 0 aromatic carbocycles. The van der Waals surface area contributed by atoms with Crippen LogP contribution in [0.3, 0.4) is 0 Å². The highest BCUT2D eigenvalue weighted by Gasteiger charge is 2.58. The fourth-order valence-electron chi connectivity index (χ4n) is 1.35. The van der Waals surface area contributed by atoms with Crippen molar-refractivity contribution in [3.8, 4) is 0 Å². The van der Waals surface area contributed by atoms with Crippen molar-refractivity contribution in [3.05, 3.63) is 37.5 Å². The average molecular weight is 511 g/mol. The van der Waals surface area contributed by atoms with Gasteiger partial charge in [0.15, 0.2) is 6.61 Å². The van der Waals surface area contributed by atoms with E-state index < -0.39 is 52.0 Å². The molecule has 0 aliphatic carbocycles. The van der Waals surface area contributed by atoms with Gasteiger partial charge in [-0.05, 0) is 26.8 Å². The van der Waals surface area contributed by atoms with E-state index in [0.29, 0.717) is 11.6 Å². The summed E-state index contributed by atoms with van der Waals surface area (Å²) in [6, 6.07) is 0. The highest BCUT2D eigenvalue weighted by molar-refractivity contribution is 7.85. The number of rotatable bonds is 8. The molecule has 0 bridgehead atoms. The zero-order chi connectivity index (χ0) is 27.3. The fraction of sp³-hybridized carbons (Fsp3) is 0.500. The van der Waals surface area contributed by atoms with E-state index in [4.69, 9.17) is 4.55 Å². The van der Waals surface area contributed by atoms with Crippen molar-refractivity contribution in [2.24, 2.45) is 0 Å². The van der Waals surface area contributed by atoms with Crippen LogP contribution in [0.15, 0.2) is 37.5 Å². The van der Waals surface area contributed by atoms with Gasteiger partial charge in [0.2, 0.25) is 5.91 Å². The Labute approximate surface area is 188 Å². The minimum Gasteiger partial charge on any atom is -0.466 e. The molecule has 0 unspecified atom stereocenters. The molecular formula is C18H26F5NO8S. The summed E-state index contributed by atoms with van der Waals surface area (Å²) >= 11 is 0. The number of hydrogen-bond donors (Lipinski definition) is 2. The van der Waals surface area contributed by atoms with Gasteiger partial charge in [-0.2, -0.15) is 30.4 Å². The Hall–Kier alpha value is -2.81. The summed E-state index contributed by atoms with van der Waals surface area (Å²) in [5.74, 6) is -7.71. The van der Waals surface area contributed by atoms with E-state index >= 15 is 0 Å². The van der Waals surface area contributed by atoms with Crippen molar-refractivity contribution in [3.63, 3.8) is 0 Å². The van der Waals surface area contributed by atoms with Gasteiger partial charge in [0.05, 0.1) is 18.4 Å². The van der Waals surface area contributed by atoms with Crippen LogP contribution >= 0.6 is 0 Å². The third kappa shape index (κ3) is 19.6. The summed E-state index contributed by atoms with van der Waals surface area (Å²) in [6.07, 6.45) is -4.19. The highest BCUT2D eigenvalue weighted by atomic mass is 32.2. The quantitative estimate of drug-likeness (QED) is 0.220. The number of halogens is 5. The number of alkyl halides is 5. The summed E-state index contributed by atoms with van der Waals surface area (Å²) in [6.45, 7) is 11.9. The number of nitrogens with one attached hydrogen (secondary N) is 1. The largest absolute Gasteiger partial charge is 0.466 e. The summed E-state index contributed by atoms with van der Waals surface area (Å²) in [4.78, 5) is 31.1. The zero-order valence-corrected chi connectivity index (χ0v) is 19.1. The van der Waals surface area contributed by atoms with Crippen LogP contribution in [0.5, 0.6) is 0 Å². The van der Waals surface area contributed by atoms with Gasteiger partial charge < -0.3 is 14.8 Å². The number of methoxy groups -OCH3 is 1. The molecule has 2 N–H and O–H groups in total. The van der Waals surface area contributed by atoms with Gasteiger partial charge in [-0.3, -0.25) is 9.35 Å². The van der Waals surface area contributed by atoms with Crippen LogP contribution in [-0.2, 0) is 34.0 Å². The Kier molecular flexibility index (Phi) is 15.1. The standard InChI is InChI=1S/C7H13NO4S.C6H5F5O2.C5H8O2/c1-4-6(9)8-7(2,3)5-13(10,11)12;1-2-4(12)13-3-5(7,8)6(9,10)11;1-4(2)5(6)7-3/h4H,1,5H2,2-3H3,(H,8,9)(H,10,11,12);2H,1,3H2;1H2,2-3H3. The van der Waals surface area contributed by atoms with Gasteiger partial charge in [0.1, 0.15) is 0 Å². The maximum absolute atomic E-state index is 12.0. The third-order valence-electron chi connectivity index (χ3n) is 2.70. The Balaban J connectivity index is -0.000000429. The van der Waals surface area contributed by atoms with Crippen molar-refractivity contribution in [2.45, 2.75) is 38.4 Å². The van der Waals surface area contributed by atoms with E-state index in [1.54, 1.807) is 6.92 Å². The molecule has 0 aliphatic heterocycles. The lowest BCUT2D eigenvalue weighted by molar-refractivity contribution is -0.293. The number of carbonyl (C=O) groups is 3. The van der Waals surface area contributed by atoms with Crippen LogP contribution in [-0.4, -0.2) is 67.9 Å². The monoisotopic (exact) mass is 511 g/mol. The maximum Gasteiger partial charge on any atom is 0.456 e. The van der Waals surface area contributed by atoms with Gasteiger partial charge in [-0.25, -0.2) is 9.59 Å². The van der Waals surface area contributed by atoms with Crippen LogP contribution < -0.4 is 5.32 Å². The number of amides is 1. The van der Waals surface area contributed by atoms with Gasteiger partial charge in [0.25, 0.3) is 10.1 Å². The molecule has 1 amide bonds. The average Bonchev–Trinajstić information content (AvgIpc) is 2.62. The fourth-order valence-corrected chi connectivity index (χ4v) is 2.34. The minimum atomic E-state index is -5.71. The normalized spacial score (nSPS) is 11.3. The first kappa shape index (κ1) is 34.8. The van der Waals surface area contributed by atoms with Gasteiger partial charge in [-0.15, -0.1) is 0 Å². The van der Waals surface area contributed by atoms with Crippen LogP contribution in [0.1, 0.15) is 20.8 Å². The number of hydrogen-bond acceptors (Lipinski definition) is 7. The first-order valence-electron chi connectivity index (χ1n) is 8.42. The molecule has 0 aliphatic rings. The minimum absolute atomic E-state index is 0.347. The van der Waals surface area contributed by atoms with Crippen LogP contribution in [0.25, 0.3) is 0 Å².